The van der Waals surface area contributed by atoms with Crippen LogP contribution in [0.3, 0.4) is 0 Å². The third-order valence-corrected chi connectivity index (χ3v) is 3.46. The standard InChI is InChI=1S/C10H12O4S/c1-15(13,14)9(10(11)12)7-8-5-3-2-4-6-8/h2-6,9H,7H2,1H3,(H,11,12). The highest BCUT2D eigenvalue weighted by molar-refractivity contribution is 7.92. The van der Waals surface area contributed by atoms with E-state index in [2.05, 4.69) is 0 Å². The number of carboxylic acid groups (broad SMARTS) is 1. The molecular formula is C10H12O4S. The summed E-state index contributed by atoms with van der Waals surface area (Å²) in [5, 5.41) is 7.43. The normalized spacial score (nSPS) is 13.4. The molecule has 0 fully saturated rings. The SMILES string of the molecule is CS(=O)(=O)C(Cc1ccccc1)C(=O)O. The minimum atomic E-state index is -3.56. The number of benzene rings is 1. The van der Waals surface area contributed by atoms with E-state index in [-0.39, 0.29) is 6.42 Å². The minimum absolute atomic E-state index is 0.00894. The molecule has 4 nitrogen and oxygen atoms in total. The zero-order valence-corrected chi connectivity index (χ0v) is 9.07. The predicted octanol–water partition coefficient (Wildman–Crippen LogP) is 0.727. The van der Waals surface area contributed by atoms with Crippen molar-refractivity contribution in [1.29, 1.82) is 0 Å². The van der Waals surface area contributed by atoms with E-state index in [0.717, 1.165) is 6.26 Å². The smallest absolute Gasteiger partial charge is 0.322 e. The van der Waals surface area contributed by atoms with Gasteiger partial charge in [0.1, 0.15) is 0 Å². The fourth-order valence-electron chi connectivity index (χ4n) is 1.25. The monoisotopic (exact) mass is 228 g/mol. The van der Waals surface area contributed by atoms with Crippen molar-refractivity contribution in [2.45, 2.75) is 11.7 Å². The number of carbonyl (C=O) groups is 1. The van der Waals surface area contributed by atoms with Gasteiger partial charge in [-0.3, -0.25) is 4.79 Å². The van der Waals surface area contributed by atoms with Crippen LogP contribution in [0.1, 0.15) is 5.56 Å². The maximum atomic E-state index is 11.2. The van der Waals surface area contributed by atoms with E-state index in [1.807, 2.05) is 0 Å². The third kappa shape index (κ3) is 3.36. The number of carboxylic acids is 1. The molecule has 0 spiro atoms. The van der Waals surface area contributed by atoms with Gasteiger partial charge in [-0.1, -0.05) is 30.3 Å². The van der Waals surface area contributed by atoms with Crippen molar-refractivity contribution in [3.05, 3.63) is 35.9 Å². The van der Waals surface area contributed by atoms with Crippen molar-refractivity contribution in [3.63, 3.8) is 0 Å². The molecule has 82 valence electrons. The number of sulfone groups is 1. The summed E-state index contributed by atoms with van der Waals surface area (Å²) in [5.74, 6) is -1.30. The summed E-state index contributed by atoms with van der Waals surface area (Å²) >= 11 is 0. The second-order valence-corrected chi connectivity index (χ2v) is 5.57. The highest BCUT2D eigenvalue weighted by Crippen LogP contribution is 2.09. The molecule has 1 unspecified atom stereocenters. The molecule has 1 rings (SSSR count). The van der Waals surface area contributed by atoms with Gasteiger partial charge in [0.25, 0.3) is 0 Å². The van der Waals surface area contributed by atoms with Crippen molar-refractivity contribution in [2.75, 3.05) is 6.26 Å². The molecule has 0 heterocycles. The number of hydrogen-bond donors (Lipinski definition) is 1. The summed E-state index contributed by atoms with van der Waals surface area (Å²) in [4.78, 5) is 10.8. The van der Waals surface area contributed by atoms with Gasteiger partial charge in [-0.15, -0.1) is 0 Å². The number of rotatable bonds is 4. The van der Waals surface area contributed by atoms with Gasteiger partial charge in [0.2, 0.25) is 0 Å². The Morgan fingerprint density at radius 3 is 2.27 bits per heavy atom. The van der Waals surface area contributed by atoms with Crippen molar-refractivity contribution >= 4 is 15.8 Å². The Balaban J connectivity index is 2.92. The van der Waals surface area contributed by atoms with Crippen LogP contribution in [-0.2, 0) is 21.1 Å². The van der Waals surface area contributed by atoms with Gasteiger partial charge < -0.3 is 5.11 Å². The maximum absolute atomic E-state index is 11.2. The zero-order chi connectivity index (χ0) is 11.5. The summed E-state index contributed by atoms with van der Waals surface area (Å²) in [6.45, 7) is 0. The lowest BCUT2D eigenvalue weighted by molar-refractivity contribution is -0.136. The van der Waals surface area contributed by atoms with Gasteiger partial charge in [-0.2, -0.15) is 0 Å². The Morgan fingerprint density at radius 1 is 1.33 bits per heavy atom. The molecule has 5 heteroatoms. The quantitative estimate of drug-likeness (QED) is 0.824. The van der Waals surface area contributed by atoms with Crippen LogP contribution in [0, 0.1) is 0 Å². The van der Waals surface area contributed by atoms with E-state index in [1.165, 1.54) is 0 Å². The van der Waals surface area contributed by atoms with Crippen LogP contribution in [0.5, 0.6) is 0 Å². The van der Waals surface area contributed by atoms with Crippen LogP contribution in [0.25, 0.3) is 0 Å². The number of hydrogen-bond acceptors (Lipinski definition) is 3. The van der Waals surface area contributed by atoms with Gasteiger partial charge in [0.15, 0.2) is 15.1 Å². The Hall–Kier alpha value is -1.36. The van der Waals surface area contributed by atoms with E-state index in [9.17, 15) is 13.2 Å². The lowest BCUT2D eigenvalue weighted by atomic mass is 10.1. The third-order valence-electron chi connectivity index (χ3n) is 2.06. The average molecular weight is 228 g/mol. The second kappa shape index (κ2) is 4.44. The van der Waals surface area contributed by atoms with Crippen LogP contribution >= 0.6 is 0 Å². The molecule has 1 atom stereocenters. The van der Waals surface area contributed by atoms with Crippen LogP contribution in [0.4, 0.5) is 0 Å². The second-order valence-electron chi connectivity index (χ2n) is 3.35. The molecule has 0 aliphatic rings. The van der Waals surface area contributed by atoms with E-state index in [1.54, 1.807) is 30.3 Å². The molecule has 0 aliphatic heterocycles. The first kappa shape index (κ1) is 11.7. The molecule has 1 aromatic carbocycles. The molecule has 0 bridgehead atoms. The van der Waals surface area contributed by atoms with Gasteiger partial charge in [-0.05, 0) is 12.0 Å². The molecule has 1 N–H and O–H groups in total. The highest BCUT2D eigenvalue weighted by Gasteiger charge is 2.28. The summed E-state index contributed by atoms with van der Waals surface area (Å²) < 4.78 is 22.4. The molecule has 0 aromatic heterocycles. The van der Waals surface area contributed by atoms with Crippen LogP contribution in [-0.4, -0.2) is 31.0 Å². The predicted molar refractivity (Wildman–Crippen MR) is 56.4 cm³/mol. The lowest BCUT2D eigenvalue weighted by Gasteiger charge is -2.09. The van der Waals surface area contributed by atoms with E-state index >= 15 is 0 Å². The number of aliphatic carboxylic acids is 1. The van der Waals surface area contributed by atoms with Gasteiger partial charge >= 0.3 is 5.97 Å². The lowest BCUT2D eigenvalue weighted by Crippen LogP contribution is -2.31. The van der Waals surface area contributed by atoms with Crippen molar-refractivity contribution in [3.8, 4) is 0 Å². The van der Waals surface area contributed by atoms with Crippen LogP contribution in [0.15, 0.2) is 30.3 Å². The summed E-state index contributed by atoms with van der Waals surface area (Å²) in [7, 11) is -3.56. The maximum Gasteiger partial charge on any atom is 0.322 e. The fourth-order valence-corrected chi connectivity index (χ4v) is 2.11. The van der Waals surface area contributed by atoms with Gasteiger partial charge in [0, 0.05) is 6.26 Å². The topological polar surface area (TPSA) is 71.4 Å². The molecule has 0 radical (unpaired) electrons. The Labute approximate surface area is 88.5 Å². The fraction of sp³-hybridized carbons (Fsp3) is 0.300. The first-order valence-corrected chi connectivity index (χ1v) is 6.32. The molecule has 0 saturated heterocycles. The van der Waals surface area contributed by atoms with Crippen molar-refractivity contribution in [1.82, 2.24) is 0 Å². The van der Waals surface area contributed by atoms with Crippen LogP contribution in [0.2, 0.25) is 0 Å². The Bertz CT molecular complexity index is 436. The summed E-state index contributed by atoms with van der Waals surface area (Å²) in [6.07, 6.45) is 0.948. The molecule has 1 aromatic rings. The van der Waals surface area contributed by atoms with Crippen molar-refractivity contribution < 1.29 is 18.3 Å². The molecule has 0 aliphatic carbocycles. The van der Waals surface area contributed by atoms with E-state index in [0.29, 0.717) is 5.56 Å². The average Bonchev–Trinajstić information content (AvgIpc) is 2.13. The molecular weight excluding hydrogens is 216 g/mol. The first-order chi connectivity index (χ1) is 6.91. The van der Waals surface area contributed by atoms with E-state index in [4.69, 9.17) is 5.11 Å². The highest BCUT2D eigenvalue weighted by atomic mass is 32.2. The van der Waals surface area contributed by atoms with Gasteiger partial charge in [0.05, 0.1) is 0 Å². The molecule has 0 amide bonds. The Kier molecular flexibility index (Phi) is 3.47. The first-order valence-electron chi connectivity index (χ1n) is 4.37. The molecule has 15 heavy (non-hydrogen) atoms. The summed E-state index contributed by atoms with van der Waals surface area (Å²) in [5.41, 5.74) is 0.704. The van der Waals surface area contributed by atoms with E-state index < -0.39 is 21.1 Å². The van der Waals surface area contributed by atoms with Crippen LogP contribution < -0.4 is 0 Å². The largest absolute Gasteiger partial charge is 0.480 e. The molecule has 0 saturated carbocycles. The Morgan fingerprint density at radius 2 is 1.87 bits per heavy atom. The zero-order valence-electron chi connectivity index (χ0n) is 8.25. The minimum Gasteiger partial charge on any atom is -0.480 e. The summed E-state index contributed by atoms with van der Waals surface area (Å²) in [6, 6.07) is 8.70. The van der Waals surface area contributed by atoms with Gasteiger partial charge in [-0.25, -0.2) is 8.42 Å². The van der Waals surface area contributed by atoms with Crippen molar-refractivity contribution in [2.24, 2.45) is 0 Å².